The van der Waals surface area contributed by atoms with Gasteiger partial charge in [0.05, 0.1) is 0 Å². The fourth-order valence-corrected chi connectivity index (χ4v) is 2.61. The van der Waals surface area contributed by atoms with E-state index in [0.717, 1.165) is 24.4 Å². The number of halogens is 2. The van der Waals surface area contributed by atoms with Gasteiger partial charge in [-0.05, 0) is 31.2 Å². The molecule has 0 aromatic heterocycles. The largest absolute Gasteiger partial charge is 0.316 e. The Hall–Kier alpha value is -0.610. The first-order valence-corrected chi connectivity index (χ1v) is 5.46. The minimum Gasteiger partial charge on any atom is -0.316 e. The molecule has 1 atom stereocenters. The molecule has 1 saturated heterocycles. The predicted octanol–water partition coefficient (Wildman–Crippen LogP) is 2.42. The summed E-state index contributed by atoms with van der Waals surface area (Å²) in [7, 11) is 0. The third-order valence-electron chi connectivity index (χ3n) is 2.21. The number of nitrogens with one attached hydrogen (secondary N) is 1. The minimum absolute atomic E-state index is 0.486. The maximum atomic E-state index is 12.8. The normalized spacial score (nSPS) is 21.4. The smallest absolute Gasteiger partial charge is 0.159 e. The van der Waals surface area contributed by atoms with E-state index < -0.39 is 11.6 Å². The van der Waals surface area contributed by atoms with E-state index in [0.29, 0.717) is 5.25 Å². The van der Waals surface area contributed by atoms with E-state index in [1.165, 1.54) is 12.1 Å². The number of rotatable bonds is 2. The van der Waals surface area contributed by atoms with Gasteiger partial charge in [0, 0.05) is 16.7 Å². The van der Waals surface area contributed by atoms with Gasteiger partial charge in [0.25, 0.3) is 0 Å². The van der Waals surface area contributed by atoms with Gasteiger partial charge in [-0.25, -0.2) is 8.78 Å². The Morgan fingerprint density at radius 3 is 2.79 bits per heavy atom. The maximum Gasteiger partial charge on any atom is 0.159 e. The summed E-state index contributed by atoms with van der Waals surface area (Å²) in [5, 5.41) is 3.72. The lowest BCUT2D eigenvalue weighted by molar-refractivity contribution is 0.506. The molecule has 0 saturated carbocycles. The number of hydrogen-bond donors (Lipinski definition) is 1. The first kappa shape index (κ1) is 9.93. The van der Waals surface area contributed by atoms with Crippen molar-refractivity contribution in [3.05, 3.63) is 29.8 Å². The molecule has 0 aliphatic carbocycles. The standard InChI is InChI=1S/C10H11F2NS/c11-9-2-1-7(5-10(9)12)14-8-3-4-13-6-8/h1-2,5,8,13H,3-4,6H2. The summed E-state index contributed by atoms with van der Waals surface area (Å²) in [4.78, 5) is 0.803. The highest BCUT2D eigenvalue weighted by molar-refractivity contribution is 8.00. The Balaban J connectivity index is 2.05. The van der Waals surface area contributed by atoms with Gasteiger partial charge in [-0.1, -0.05) is 0 Å². The minimum atomic E-state index is -0.779. The average Bonchev–Trinajstić information content (AvgIpc) is 2.64. The molecule has 0 bridgehead atoms. The second-order valence-corrected chi connectivity index (χ2v) is 4.68. The summed E-state index contributed by atoms with van der Waals surface area (Å²) in [5.74, 6) is -1.54. The highest BCUT2D eigenvalue weighted by Gasteiger charge is 2.16. The summed E-state index contributed by atoms with van der Waals surface area (Å²) < 4.78 is 25.5. The molecule has 1 nitrogen and oxygen atoms in total. The van der Waals surface area contributed by atoms with E-state index >= 15 is 0 Å². The van der Waals surface area contributed by atoms with Crippen LogP contribution in [0.5, 0.6) is 0 Å². The van der Waals surface area contributed by atoms with Crippen molar-refractivity contribution in [1.29, 1.82) is 0 Å². The number of hydrogen-bond acceptors (Lipinski definition) is 2. The number of benzene rings is 1. The van der Waals surface area contributed by atoms with Crippen LogP contribution in [0.4, 0.5) is 8.78 Å². The highest BCUT2D eigenvalue weighted by atomic mass is 32.2. The van der Waals surface area contributed by atoms with Crippen LogP contribution in [0.25, 0.3) is 0 Å². The van der Waals surface area contributed by atoms with Crippen molar-refractivity contribution >= 4 is 11.8 Å². The molecule has 1 fully saturated rings. The van der Waals surface area contributed by atoms with Crippen molar-refractivity contribution in [2.24, 2.45) is 0 Å². The van der Waals surface area contributed by atoms with Gasteiger partial charge in [0.1, 0.15) is 0 Å². The first-order valence-electron chi connectivity index (χ1n) is 4.58. The zero-order valence-corrected chi connectivity index (χ0v) is 8.41. The molecule has 1 heterocycles. The van der Waals surface area contributed by atoms with Gasteiger partial charge >= 0.3 is 0 Å². The molecule has 1 aromatic carbocycles. The van der Waals surface area contributed by atoms with Crippen molar-refractivity contribution in [1.82, 2.24) is 5.32 Å². The summed E-state index contributed by atoms with van der Waals surface area (Å²) in [6, 6.07) is 4.07. The third kappa shape index (κ3) is 2.25. The molecule has 1 aromatic rings. The average molecular weight is 215 g/mol. The van der Waals surface area contributed by atoms with Crippen LogP contribution in [-0.4, -0.2) is 18.3 Å². The lowest BCUT2D eigenvalue weighted by Crippen LogP contribution is -2.09. The Kier molecular flexibility index (Phi) is 3.03. The van der Waals surface area contributed by atoms with E-state index in [1.54, 1.807) is 17.8 Å². The second-order valence-electron chi connectivity index (χ2n) is 3.31. The molecule has 2 rings (SSSR count). The summed E-state index contributed by atoms with van der Waals surface area (Å²) in [6.45, 7) is 1.96. The second kappa shape index (κ2) is 4.28. The molecule has 1 N–H and O–H groups in total. The molecule has 0 amide bonds. The molecule has 1 aliphatic rings. The van der Waals surface area contributed by atoms with Crippen LogP contribution < -0.4 is 5.32 Å². The van der Waals surface area contributed by atoms with Crippen LogP contribution in [0.15, 0.2) is 23.1 Å². The van der Waals surface area contributed by atoms with Crippen LogP contribution in [0, 0.1) is 11.6 Å². The van der Waals surface area contributed by atoms with Crippen LogP contribution in [0.3, 0.4) is 0 Å². The van der Waals surface area contributed by atoms with Crippen LogP contribution >= 0.6 is 11.8 Å². The van der Waals surface area contributed by atoms with Crippen molar-refractivity contribution in [3.8, 4) is 0 Å². The van der Waals surface area contributed by atoms with E-state index in [2.05, 4.69) is 5.32 Å². The summed E-state index contributed by atoms with van der Waals surface area (Å²) in [5.41, 5.74) is 0. The topological polar surface area (TPSA) is 12.0 Å². The van der Waals surface area contributed by atoms with Crippen LogP contribution in [0.2, 0.25) is 0 Å². The van der Waals surface area contributed by atoms with E-state index in [4.69, 9.17) is 0 Å². The Labute approximate surface area is 85.9 Å². The fraction of sp³-hybridized carbons (Fsp3) is 0.400. The third-order valence-corrected chi connectivity index (χ3v) is 3.47. The van der Waals surface area contributed by atoms with E-state index in [9.17, 15) is 8.78 Å². The molecule has 0 spiro atoms. The lowest BCUT2D eigenvalue weighted by atomic mass is 10.3. The van der Waals surface area contributed by atoms with Gasteiger partial charge in [-0.15, -0.1) is 11.8 Å². The lowest BCUT2D eigenvalue weighted by Gasteiger charge is -2.07. The van der Waals surface area contributed by atoms with Crippen molar-refractivity contribution in [3.63, 3.8) is 0 Å². The summed E-state index contributed by atoms with van der Waals surface area (Å²) in [6.07, 6.45) is 1.09. The molecule has 1 aliphatic heterocycles. The zero-order chi connectivity index (χ0) is 9.97. The SMILES string of the molecule is Fc1ccc(SC2CCNC2)cc1F. The Bertz CT molecular complexity index is 324. The molecule has 0 radical (unpaired) electrons. The quantitative estimate of drug-likeness (QED) is 0.813. The van der Waals surface area contributed by atoms with Crippen molar-refractivity contribution < 1.29 is 8.78 Å². The molecule has 76 valence electrons. The van der Waals surface area contributed by atoms with Crippen LogP contribution in [0.1, 0.15) is 6.42 Å². The number of thioether (sulfide) groups is 1. The van der Waals surface area contributed by atoms with Gasteiger partial charge < -0.3 is 5.32 Å². The Morgan fingerprint density at radius 2 is 2.14 bits per heavy atom. The van der Waals surface area contributed by atoms with Gasteiger partial charge in [-0.2, -0.15) is 0 Å². The van der Waals surface area contributed by atoms with E-state index in [1.807, 2.05) is 0 Å². The molecular formula is C10H11F2NS. The van der Waals surface area contributed by atoms with E-state index in [-0.39, 0.29) is 0 Å². The van der Waals surface area contributed by atoms with Crippen molar-refractivity contribution in [2.75, 3.05) is 13.1 Å². The first-order chi connectivity index (χ1) is 6.75. The van der Waals surface area contributed by atoms with Crippen LogP contribution in [-0.2, 0) is 0 Å². The monoisotopic (exact) mass is 215 g/mol. The highest BCUT2D eigenvalue weighted by Crippen LogP contribution is 2.27. The van der Waals surface area contributed by atoms with Gasteiger partial charge in [0.2, 0.25) is 0 Å². The van der Waals surface area contributed by atoms with Gasteiger partial charge in [0.15, 0.2) is 11.6 Å². The molecule has 4 heteroatoms. The molecular weight excluding hydrogens is 204 g/mol. The predicted molar refractivity (Wildman–Crippen MR) is 53.5 cm³/mol. The maximum absolute atomic E-state index is 12.8. The molecule has 1 unspecified atom stereocenters. The fourth-order valence-electron chi connectivity index (χ4n) is 1.47. The summed E-state index contributed by atoms with van der Waals surface area (Å²) >= 11 is 1.60. The zero-order valence-electron chi connectivity index (χ0n) is 7.59. The van der Waals surface area contributed by atoms with Crippen molar-refractivity contribution in [2.45, 2.75) is 16.6 Å². The molecule has 14 heavy (non-hydrogen) atoms. The van der Waals surface area contributed by atoms with Gasteiger partial charge in [-0.3, -0.25) is 0 Å². The Morgan fingerprint density at radius 1 is 1.29 bits per heavy atom.